The summed E-state index contributed by atoms with van der Waals surface area (Å²) < 4.78 is 13.4. The molecule has 0 saturated carbocycles. The number of ether oxygens (including phenoxy) is 1. The maximum atomic E-state index is 13.7. The van der Waals surface area contributed by atoms with Crippen molar-refractivity contribution in [2.75, 3.05) is 46.2 Å². The van der Waals surface area contributed by atoms with Gasteiger partial charge in [0.15, 0.2) is 0 Å². The Balaban J connectivity index is 1.03. The lowest BCUT2D eigenvalue weighted by molar-refractivity contribution is -0.120. The van der Waals surface area contributed by atoms with Crippen LogP contribution in [-0.2, 0) is 11.2 Å². The molecule has 0 bridgehead atoms. The first-order chi connectivity index (χ1) is 28.9. The Bertz CT molecular complexity index is 2840. The lowest BCUT2D eigenvalue weighted by Crippen LogP contribution is -2.28. The van der Waals surface area contributed by atoms with Gasteiger partial charge in [-0.2, -0.15) is 0 Å². The lowest BCUT2D eigenvalue weighted by atomic mass is 9.89. The Morgan fingerprint density at radius 3 is 2.27 bits per heavy atom. The number of amides is 2. The number of nitrogens with one attached hydrogen (secondary N) is 2. The van der Waals surface area contributed by atoms with E-state index in [9.17, 15) is 24.3 Å². The van der Waals surface area contributed by atoms with Crippen LogP contribution in [0.4, 0.5) is 5.69 Å². The zero-order valence-corrected chi connectivity index (χ0v) is 34.6. The highest BCUT2D eigenvalue weighted by Gasteiger charge is 2.25. The van der Waals surface area contributed by atoms with E-state index in [1.54, 1.807) is 55.1 Å². The normalized spacial score (nSPS) is 11.6. The SMILES string of the molecule is CN=c1ccc2c(-c3cc(C(=O)NCCCCNC(=O)Cc4c(C)n(C(=O)c5ccc(Cl)cc5)c5ccc(OC)cc45)ccc3C(=O)O)c3ccc(N(C)C)cc3oc-2c1. The Hall–Kier alpha value is -6.92. The number of halogens is 1. The molecule has 1 aromatic heterocycles. The van der Waals surface area contributed by atoms with Crippen molar-refractivity contribution in [3.8, 4) is 28.2 Å². The number of rotatable bonds is 13. The van der Waals surface area contributed by atoms with Crippen molar-refractivity contribution in [1.82, 2.24) is 15.2 Å². The summed E-state index contributed by atoms with van der Waals surface area (Å²) in [6, 6.07) is 27.9. The van der Waals surface area contributed by atoms with Gasteiger partial charge < -0.3 is 29.8 Å². The highest BCUT2D eigenvalue weighted by molar-refractivity contribution is 6.30. The fourth-order valence-corrected chi connectivity index (χ4v) is 7.58. The topological polar surface area (TPSA) is 155 Å². The van der Waals surface area contributed by atoms with Gasteiger partial charge in [-0.25, -0.2) is 4.79 Å². The van der Waals surface area contributed by atoms with E-state index in [2.05, 4.69) is 15.6 Å². The summed E-state index contributed by atoms with van der Waals surface area (Å²) >= 11 is 6.06. The highest BCUT2D eigenvalue weighted by atomic mass is 35.5. The molecule has 1 aliphatic heterocycles. The second-order valence-electron chi connectivity index (χ2n) is 14.6. The number of nitrogens with zero attached hydrogens (tertiary/aromatic N) is 3. The first kappa shape index (κ1) is 41.2. The fraction of sp³-hybridized carbons (Fsp3) is 0.213. The van der Waals surface area contributed by atoms with E-state index in [1.807, 2.05) is 74.4 Å². The largest absolute Gasteiger partial charge is 0.497 e. The van der Waals surface area contributed by atoms with Crippen LogP contribution in [0.15, 0.2) is 106 Å². The van der Waals surface area contributed by atoms with Gasteiger partial charge >= 0.3 is 5.97 Å². The molecule has 1 aliphatic carbocycles. The van der Waals surface area contributed by atoms with Crippen LogP contribution in [0.2, 0.25) is 5.02 Å². The van der Waals surface area contributed by atoms with Crippen LogP contribution in [0.3, 0.4) is 0 Å². The maximum absolute atomic E-state index is 13.7. The number of methoxy groups -OCH3 is 1. The van der Waals surface area contributed by atoms with Crippen LogP contribution >= 0.6 is 11.6 Å². The highest BCUT2D eigenvalue weighted by Crippen LogP contribution is 2.42. The van der Waals surface area contributed by atoms with Crippen molar-refractivity contribution in [3.63, 3.8) is 0 Å². The lowest BCUT2D eigenvalue weighted by Gasteiger charge is -2.19. The smallest absolute Gasteiger partial charge is 0.336 e. The van der Waals surface area contributed by atoms with E-state index in [1.165, 1.54) is 12.1 Å². The molecule has 2 amide bonds. The van der Waals surface area contributed by atoms with Crippen molar-refractivity contribution >= 4 is 62.9 Å². The van der Waals surface area contributed by atoms with Gasteiger partial charge in [-0.3, -0.25) is 23.9 Å². The number of anilines is 1. The molecule has 0 spiro atoms. The van der Waals surface area contributed by atoms with Gasteiger partial charge in [-0.1, -0.05) is 11.6 Å². The Labute approximate surface area is 351 Å². The minimum atomic E-state index is -1.13. The number of aromatic nitrogens is 1. The molecule has 4 aromatic carbocycles. The standard InChI is InChI=1S/C47H44ClN5O7/c1-27-37(38-25-33(59-5)15-19-40(38)53(27)46(56)28-8-11-30(48)12-9-28)26-43(54)50-20-6-7-21-51-45(55)29-10-16-34(47(57)58)39(22-29)44-35-17-13-31(49-2)23-41(35)60-42-24-32(52(3)4)14-18-36(42)44/h8-19,22-25H,6-7,20-21,26H2,1-5H3,(H,50,54)(H,51,55)(H,57,58). The molecule has 5 aromatic rings. The molecule has 0 saturated heterocycles. The summed E-state index contributed by atoms with van der Waals surface area (Å²) in [4.78, 5) is 59.3. The molecule has 3 N–H and O–H groups in total. The predicted octanol–water partition coefficient (Wildman–Crippen LogP) is 7.98. The number of carboxylic acid groups (broad SMARTS) is 1. The zero-order valence-electron chi connectivity index (χ0n) is 33.9. The molecule has 60 heavy (non-hydrogen) atoms. The van der Waals surface area contributed by atoms with Crippen molar-refractivity contribution in [1.29, 1.82) is 0 Å². The molecular weight excluding hydrogens is 782 g/mol. The Kier molecular flexibility index (Phi) is 12.0. The van der Waals surface area contributed by atoms with Gasteiger partial charge in [0.05, 0.1) is 30.0 Å². The van der Waals surface area contributed by atoms with Gasteiger partial charge in [0.1, 0.15) is 17.1 Å². The van der Waals surface area contributed by atoms with E-state index >= 15 is 0 Å². The van der Waals surface area contributed by atoms with Crippen LogP contribution in [0.1, 0.15) is 55.2 Å². The van der Waals surface area contributed by atoms with Crippen LogP contribution in [-0.4, -0.2) is 74.7 Å². The molecule has 13 heteroatoms. The number of carboxylic acids is 1. The molecule has 7 rings (SSSR count). The number of carbonyl (C=O) groups excluding carboxylic acids is 3. The van der Waals surface area contributed by atoms with Crippen LogP contribution < -0.4 is 25.6 Å². The van der Waals surface area contributed by atoms with E-state index in [0.29, 0.717) is 97.8 Å². The maximum Gasteiger partial charge on any atom is 0.336 e. The number of hydrogen-bond acceptors (Lipinski definition) is 8. The molecule has 306 valence electrons. The fourth-order valence-electron chi connectivity index (χ4n) is 7.45. The van der Waals surface area contributed by atoms with Crippen LogP contribution in [0.5, 0.6) is 5.75 Å². The second kappa shape index (κ2) is 17.5. The number of aromatic carboxylic acids is 1. The van der Waals surface area contributed by atoms with Crippen LogP contribution in [0.25, 0.3) is 44.3 Å². The predicted molar refractivity (Wildman–Crippen MR) is 234 cm³/mol. The van der Waals surface area contributed by atoms with Crippen molar-refractivity contribution in [2.45, 2.75) is 26.2 Å². The van der Waals surface area contributed by atoms with Crippen molar-refractivity contribution < 1.29 is 33.4 Å². The minimum absolute atomic E-state index is 0.0454. The third-order valence-electron chi connectivity index (χ3n) is 10.6. The molecule has 2 heterocycles. The van der Waals surface area contributed by atoms with Gasteiger partial charge in [0.25, 0.3) is 11.8 Å². The van der Waals surface area contributed by atoms with Crippen LogP contribution in [0, 0.1) is 6.92 Å². The molecule has 0 fully saturated rings. The van der Waals surface area contributed by atoms with E-state index < -0.39 is 5.97 Å². The monoisotopic (exact) mass is 825 g/mol. The summed E-state index contributed by atoms with van der Waals surface area (Å²) in [5, 5.41) is 18.9. The van der Waals surface area contributed by atoms with Gasteiger partial charge in [0.2, 0.25) is 5.91 Å². The average Bonchev–Trinajstić information content (AvgIpc) is 3.52. The quantitative estimate of drug-likeness (QED) is 0.0781. The van der Waals surface area contributed by atoms with Gasteiger partial charge in [0, 0.05) is 95.8 Å². The van der Waals surface area contributed by atoms with Crippen molar-refractivity contribution in [2.24, 2.45) is 4.99 Å². The van der Waals surface area contributed by atoms with Gasteiger partial charge in [-0.05, 0) is 116 Å². The molecule has 12 nitrogen and oxygen atoms in total. The summed E-state index contributed by atoms with van der Waals surface area (Å²) in [6.45, 7) is 2.53. The Morgan fingerprint density at radius 2 is 1.57 bits per heavy atom. The third kappa shape index (κ3) is 8.32. The summed E-state index contributed by atoms with van der Waals surface area (Å²) in [5.74, 6) is -0.791. The van der Waals surface area contributed by atoms with Gasteiger partial charge in [-0.15, -0.1) is 0 Å². The zero-order chi connectivity index (χ0) is 42.7. The number of benzene rings is 5. The Morgan fingerprint density at radius 1 is 0.833 bits per heavy atom. The number of unbranched alkanes of at least 4 members (excludes halogenated alkanes) is 1. The summed E-state index contributed by atoms with van der Waals surface area (Å²) in [6.07, 6.45) is 1.21. The average molecular weight is 826 g/mol. The number of fused-ring (bicyclic) bond motifs is 3. The van der Waals surface area contributed by atoms with Crippen molar-refractivity contribution in [3.05, 3.63) is 135 Å². The molecular formula is C47H44ClN5O7. The van der Waals surface area contributed by atoms with E-state index in [4.69, 9.17) is 20.8 Å². The first-order valence-electron chi connectivity index (χ1n) is 19.4. The number of hydrogen-bond donors (Lipinski definition) is 3. The molecule has 0 atom stereocenters. The molecule has 0 radical (unpaired) electrons. The summed E-state index contributed by atoms with van der Waals surface area (Å²) in [7, 11) is 7.10. The molecule has 2 aliphatic rings. The minimum Gasteiger partial charge on any atom is -0.497 e. The van der Waals surface area contributed by atoms with E-state index in [-0.39, 0.29) is 29.7 Å². The molecule has 0 unspecified atom stereocenters. The first-order valence-corrected chi connectivity index (χ1v) is 19.8. The van der Waals surface area contributed by atoms with E-state index in [0.717, 1.165) is 16.6 Å². The third-order valence-corrected chi connectivity index (χ3v) is 10.9. The number of carbonyl (C=O) groups is 4. The summed E-state index contributed by atoms with van der Waals surface area (Å²) in [5.41, 5.74) is 6.01. The second-order valence-corrected chi connectivity index (χ2v) is 15.0.